The van der Waals surface area contributed by atoms with Crippen LogP contribution in [0.1, 0.15) is 23.7 Å². The summed E-state index contributed by atoms with van der Waals surface area (Å²) in [4.78, 5) is 6.86. The first-order chi connectivity index (χ1) is 14.5. The van der Waals surface area contributed by atoms with Gasteiger partial charge in [0.05, 0.1) is 18.8 Å². The fourth-order valence-corrected chi connectivity index (χ4v) is 4.77. The van der Waals surface area contributed by atoms with E-state index in [4.69, 9.17) is 14.3 Å². The molecule has 11 heteroatoms. The highest BCUT2D eigenvalue weighted by Gasteiger charge is 2.29. The van der Waals surface area contributed by atoms with Crippen molar-refractivity contribution in [2.75, 3.05) is 39.8 Å². The van der Waals surface area contributed by atoms with Crippen molar-refractivity contribution in [3.63, 3.8) is 0 Å². The first kappa shape index (κ1) is 25.6. The molecule has 1 aliphatic heterocycles. The SMILES string of the molecule is CCNC(=NCc1cccc(COC)c1)N1CCN(S(=O)(=O)Cc2ccon2)CC1.I. The highest BCUT2D eigenvalue weighted by Crippen LogP contribution is 2.13. The van der Waals surface area contributed by atoms with E-state index in [1.54, 1.807) is 13.2 Å². The molecule has 9 nitrogen and oxygen atoms in total. The van der Waals surface area contributed by atoms with E-state index in [9.17, 15) is 8.42 Å². The summed E-state index contributed by atoms with van der Waals surface area (Å²) in [5.41, 5.74) is 2.64. The number of aromatic nitrogens is 1. The summed E-state index contributed by atoms with van der Waals surface area (Å²) in [5.74, 6) is 0.651. The van der Waals surface area contributed by atoms with E-state index in [2.05, 4.69) is 21.4 Å². The standard InChI is InChI=1S/C20H29N5O4S.HI/c1-3-21-20(22-14-17-5-4-6-18(13-17)15-28-2)24-8-10-25(11-9-24)30(26,27)16-19-7-12-29-23-19;/h4-7,12-13H,3,8-11,14-16H2,1-2H3,(H,21,22);1H. The second-order valence-electron chi connectivity index (χ2n) is 7.06. The van der Waals surface area contributed by atoms with Gasteiger partial charge in [0.25, 0.3) is 0 Å². The fraction of sp³-hybridized carbons (Fsp3) is 0.500. The van der Waals surface area contributed by atoms with E-state index in [1.807, 2.05) is 25.1 Å². The zero-order chi connectivity index (χ0) is 21.4. The first-order valence-corrected chi connectivity index (χ1v) is 11.6. The van der Waals surface area contributed by atoms with E-state index < -0.39 is 10.0 Å². The van der Waals surface area contributed by atoms with Gasteiger partial charge in [0, 0.05) is 45.9 Å². The smallest absolute Gasteiger partial charge is 0.220 e. The number of hydrogen-bond donors (Lipinski definition) is 1. The highest BCUT2D eigenvalue weighted by atomic mass is 127. The predicted octanol–water partition coefficient (Wildman–Crippen LogP) is 2.05. The molecule has 0 spiro atoms. The molecule has 1 aliphatic rings. The Morgan fingerprint density at radius 1 is 1.23 bits per heavy atom. The minimum atomic E-state index is -3.42. The molecule has 1 aromatic heterocycles. The Kier molecular flexibility index (Phi) is 10.2. The maximum absolute atomic E-state index is 12.6. The molecule has 0 unspecified atom stereocenters. The van der Waals surface area contributed by atoms with Crippen molar-refractivity contribution < 1.29 is 17.7 Å². The van der Waals surface area contributed by atoms with E-state index >= 15 is 0 Å². The molecule has 2 aromatic rings. The molecule has 172 valence electrons. The quantitative estimate of drug-likeness (QED) is 0.298. The van der Waals surface area contributed by atoms with Crippen molar-refractivity contribution in [3.05, 3.63) is 53.4 Å². The Morgan fingerprint density at radius 3 is 2.61 bits per heavy atom. The lowest BCUT2D eigenvalue weighted by atomic mass is 10.1. The molecule has 0 radical (unpaired) electrons. The number of methoxy groups -OCH3 is 1. The van der Waals surface area contributed by atoms with Gasteiger partial charge in [-0.1, -0.05) is 29.4 Å². The molecule has 31 heavy (non-hydrogen) atoms. The largest absolute Gasteiger partial charge is 0.380 e. The van der Waals surface area contributed by atoms with Crippen LogP contribution in [0.3, 0.4) is 0 Å². The first-order valence-electron chi connectivity index (χ1n) is 9.99. The van der Waals surface area contributed by atoms with Crippen molar-refractivity contribution in [1.29, 1.82) is 0 Å². The molecular weight excluding hydrogens is 533 g/mol. The minimum Gasteiger partial charge on any atom is -0.380 e. The molecular formula is C20H30IN5O4S. The summed E-state index contributed by atoms with van der Waals surface area (Å²) in [6.07, 6.45) is 1.38. The Labute approximate surface area is 200 Å². The summed E-state index contributed by atoms with van der Waals surface area (Å²) in [5, 5.41) is 7.02. The number of rotatable bonds is 8. The lowest BCUT2D eigenvalue weighted by Gasteiger charge is -2.35. The van der Waals surface area contributed by atoms with Gasteiger partial charge in [0.1, 0.15) is 12.0 Å². The Hall–Kier alpha value is -1.70. The monoisotopic (exact) mass is 563 g/mol. The van der Waals surface area contributed by atoms with Crippen LogP contribution in [-0.2, 0) is 33.7 Å². The molecule has 1 saturated heterocycles. The molecule has 0 amide bonds. The van der Waals surface area contributed by atoms with Gasteiger partial charge in [-0.25, -0.2) is 13.4 Å². The minimum absolute atomic E-state index is 0. The summed E-state index contributed by atoms with van der Waals surface area (Å²) < 4.78 is 36.7. The number of piperazine rings is 1. The van der Waals surface area contributed by atoms with Crippen LogP contribution in [0, 0.1) is 0 Å². The normalized spacial score (nSPS) is 15.5. The van der Waals surface area contributed by atoms with Crippen LogP contribution in [0.15, 0.2) is 46.1 Å². The Morgan fingerprint density at radius 2 is 1.97 bits per heavy atom. The molecule has 0 bridgehead atoms. The van der Waals surface area contributed by atoms with Gasteiger partial charge in [-0.05, 0) is 18.1 Å². The maximum atomic E-state index is 12.6. The highest BCUT2D eigenvalue weighted by molar-refractivity contribution is 14.0. The number of halogens is 1. The lowest BCUT2D eigenvalue weighted by Crippen LogP contribution is -2.53. The van der Waals surface area contributed by atoms with Crippen molar-refractivity contribution in [2.45, 2.75) is 25.8 Å². The average molecular weight is 563 g/mol. The molecule has 1 fully saturated rings. The zero-order valence-electron chi connectivity index (χ0n) is 17.9. The molecule has 2 heterocycles. The number of sulfonamides is 1. The third kappa shape index (κ3) is 7.44. The van der Waals surface area contributed by atoms with Gasteiger partial charge < -0.3 is 19.5 Å². The summed E-state index contributed by atoms with van der Waals surface area (Å²) in [6.45, 7) is 5.86. The van der Waals surface area contributed by atoms with Gasteiger partial charge in [-0.3, -0.25) is 0 Å². The van der Waals surface area contributed by atoms with E-state index in [0.29, 0.717) is 45.0 Å². The van der Waals surface area contributed by atoms with Crippen LogP contribution in [0.5, 0.6) is 0 Å². The van der Waals surface area contributed by atoms with Gasteiger partial charge in [-0.2, -0.15) is 4.31 Å². The number of nitrogens with zero attached hydrogens (tertiary/aromatic N) is 4. The van der Waals surface area contributed by atoms with Gasteiger partial charge >= 0.3 is 0 Å². The number of ether oxygens (including phenoxy) is 1. The molecule has 3 rings (SSSR count). The van der Waals surface area contributed by atoms with Crippen LogP contribution < -0.4 is 5.32 Å². The third-order valence-electron chi connectivity index (χ3n) is 4.80. The van der Waals surface area contributed by atoms with Gasteiger partial charge in [0.15, 0.2) is 5.96 Å². The van der Waals surface area contributed by atoms with Crippen molar-refractivity contribution in [2.24, 2.45) is 4.99 Å². The predicted molar refractivity (Wildman–Crippen MR) is 130 cm³/mol. The van der Waals surface area contributed by atoms with E-state index in [-0.39, 0.29) is 29.7 Å². The molecule has 1 N–H and O–H groups in total. The average Bonchev–Trinajstić information content (AvgIpc) is 3.24. The molecule has 0 saturated carbocycles. The topological polar surface area (TPSA) is 100 Å². The van der Waals surface area contributed by atoms with Crippen molar-refractivity contribution >= 4 is 40.0 Å². The number of aliphatic imine (C=N–C) groups is 1. The zero-order valence-corrected chi connectivity index (χ0v) is 21.0. The maximum Gasteiger partial charge on any atom is 0.220 e. The number of hydrogen-bond acceptors (Lipinski definition) is 6. The fourth-order valence-electron chi connectivity index (χ4n) is 3.34. The van der Waals surface area contributed by atoms with Crippen LogP contribution >= 0.6 is 24.0 Å². The lowest BCUT2D eigenvalue weighted by molar-refractivity contribution is 0.185. The van der Waals surface area contributed by atoms with Crippen LogP contribution in [0.4, 0.5) is 0 Å². The van der Waals surface area contributed by atoms with E-state index in [1.165, 1.54) is 10.6 Å². The van der Waals surface area contributed by atoms with Crippen molar-refractivity contribution in [3.8, 4) is 0 Å². The molecule has 0 atom stereocenters. The summed E-state index contributed by atoms with van der Waals surface area (Å²) in [7, 11) is -1.74. The second-order valence-corrected chi connectivity index (χ2v) is 9.03. The van der Waals surface area contributed by atoms with Crippen LogP contribution in [-0.4, -0.2) is 68.6 Å². The number of nitrogens with one attached hydrogen (secondary N) is 1. The van der Waals surface area contributed by atoms with Crippen LogP contribution in [0.2, 0.25) is 0 Å². The summed E-state index contributed by atoms with van der Waals surface area (Å²) >= 11 is 0. The Bertz CT molecular complexity index is 929. The van der Waals surface area contributed by atoms with Crippen LogP contribution in [0.25, 0.3) is 0 Å². The van der Waals surface area contributed by atoms with Gasteiger partial charge in [0.2, 0.25) is 10.0 Å². The summed E-state index contributed by atoms with van der Waals surface area (Å²) in [6, 6.07) is 9.74. The van der Waals surface area contributed by atoms with E-state index in [0.717, 1.165) is 23.6 Å². The third-order valence-corrected chi connectivity index (χ3v) is 6.61. The number of benzene rings is 1. The van der Waals surface area contributed by atoms with Crippen molar-refractivity contribution in [1.82, 2.24) is 19.7 Å². The molecule has 1 aromatic carbocycles. The number of guanidine groups is 1. The van der Waals surface area contributed by atoms with Gasteiger partial charge in [-0.15, -0.1) is 24.0 Å². The molecule has 0 aliphatic carbocycles. The second kappa shape index (κ2) is 12.4. The Balaban J connectivity index is 0.00000341.